The van der Waals surface area contributed by atoms with E-state index in [2.05, 4.69) is 50.8 Å². The predicted molar refractivity (Wildman–Crippen MR) is 58.9 cm³/mol. The highest BCUT2D eigenvalue weighted by molar-refractivity contribution is 5.20. The van der Waals surface area contributed by atoms with Crippen LogP contribution in [0.5, 0.6) is 0 Å². The Balaban J connectivity index is 2.59. The van der Waals surface area contributed by atoms with Crippen molar-refractivity contribution in [2.45, 2.75) is 32.6 Å². The lowest BCUT2D eigenvalue weighted by Gasteiger charge is -2.12. The second-order valence-electron chi connectivity index (χ2n) is 3.62. The Hall–Kier alpha value is -1.04. The van der Waals surface area contributed by atoms with E-state index >= 15 is 0 Å². The van der Waals surface area contributed by atoms with Crippen molar-refractivity contribution in [3.05, 3.63) is 48.0 Å². The zero-order valence-corrected chi connectivity index (χ0v) is 8.59. The molecule has 0 aliphatic carbocycles. The van der Waals surface area contributed by atoms with Crippen molar-refractivity contribution in [1.82, 2.24) is 0 Å². The van der Waals surface area contributed by atoms with Gasteiger partial charge in [-0.1, -0.05) is 56.3 Å². The SMILES string of the molecule is C=C(CC)C[C@H](C)c1ccccc1. The molecule has 70 valence electrons. The van der Waals surface area contributed by atoms with Gasteiger partial charge in [-0.2, -0.15) is 0 Å². The Labute approximate surface area is 81.3 Å². The fourth-order valence-corrected chi connectivity index (χ4v) is 1.48. The van der Waals surface area contributed by atoms with E-state index in [-0.39, 0.29) is 0 Å². The lowest BCUT2D eigenvalue weighted by molar-refractivity contribution is 0.734. The third kappa shape index (κ3) is 3.06. The van der Waals surface area contributed by atoms with Gasteiger partial charge in [-0.3, -0.25) is 0 Å². The van der Waals surface area contributed by atoms with Crippen molar-refractivity contribution in [3.8, 4) is 0 Å². The molecule has 0 aliphatic heterocycles. The predicted octanol–water partition coefficient (Wildman–Crippen LogP) is 4.15. The molecule has 0 N–H and O–H groups in total. The van der Waals surface area contributed by atoms with E-state index in [9.17, 15) is 0 Å². The van der Waals surface area contributed by atoms with Gasteiger partial charge in [-0.05, 0) is 24.3 Å². The van der Waals surface area contributed by atoms with Crippen molar-refractivity contribution >= 4 is 0 Å². The van der Waals surface area contributed by atoms with Crippen LogP contribution in [0.4, 0.5) is 0 Å². The van der Waals surface area contributed by atoms with Crippen LogP contribution in [0.3, 0.4) is 0 Å². The molecule has 1 rings (SSSR count). The molecule has 0 saturated heterocycles. The van der Waals surface area contributed by atoms with E-state index in [1.807, 2.05) is 0 Å². The van der Waals surface area contributed by atoms with Crippen LogP contribution in [0.1, 0.15) is 38.2 Å². The first kappa shape index (κ1) is 10.0. The molecule has 0 aliphatic rings. The third-order valence-electron chi connectivity index (χ3n) is 2.46. The molecule has 0 saturated carbocycles. The Morgan fingerprint density at radius 2 is 1.92 bits per heavy atom. The third-order valence-corrected chi connectivity index (χ3v) is 2.46. The van der Waals surface area contributed by atoms with Crippen LogP contribution >= 0.6 is 0 Å². The van der Waals surface area contributed by atoms with Crippen LogP contribution < -0.4 is 0 Å². The lowest BCUT2D eigenvalue weighted by Crippen LogP contribution is -1.94. The van der Waals surface area contributed by atoms with Gasteiger partial charge in [0.15, 0.2) is 0 Å². The van der Waals surface area contributed by atoms with Crippen LogP contribution in [-0.2, 0) is 0 Å². The Bertz CT molecular complexity index is 259. The summed E-state index contributed by atoms with van der Waals surface area (Å²) in [7, 11) is 0. The summed E-state index contributed by atoms with van der Waals surface area (Å²) in [5.74, 6) is 0.605. The largest absolute Gasteiger partial charge is 0.0999 e. The number of allylic oxidation sites excluding steroid dienone is 1. The van der Waals surface area contributed by atoms with Crippen molar-refractivity contribution in [2.75, 3.05) is 0 Å². The molecule has 0 amide bonds. The zero-order valence-electron chi connectivity index (χ0n) is 8.59. The topological polar surface area (TPSA) is 0 Å². The van der Waals surface area contributed by atoms with Crippen LogP contribution in [0.25, 0.3) is 0 Å². The summed E-state index contributed by atoms with van der Waals surface area (Å²) in [6.45, 7) is 8.47. The average Bonchev–Trinajstić information content (AvgIpc) is 2.19. The van der Waals surface area contributed by atoms with Crippen molar-refractivity contribution in [1.29, 1.82) is 0 Å². The standard InChI is InChI=1S/C13H18/c1-4-11(2)10-12(3)13-8-6-5-7-9-13/h5-9,12H,2,4,10H2,1,3H3/t12-/m0/s1. The van der Waals surface area contributed by atoms with Gasteiger partial charge in [-0.25, -0.2) is 0 Å². The van der Waals surface area contributed by atoms with Gasteiger partial charge in [-0.15, -0.1) is 0 Å². The van der Waals surface area contributed by atoms with Crippen molar-refractivity contribution < 1.29 is 0 Å². The van der Waals surface area contributed by atoms with Crippen molar-refractivity contribution in [2.24, 2.45) is 0 Å². The van der Waals surface area contributed by atoms with E-state index in [0.29, 0.717) is 5.92 Å². The molecular weight excluding hydrogens is 156 g/mol. The van der Waals surface area contributed by atoms with E-state index in [1.165, 1.54) is 11.1 Å². The number of hydrogen-bond donors (Lipinski definition) is 0. The van der Waals surface area contributed by atoms with Crippen LogP contribution in [0.15, 0.2) is 42.5 Å². The quantitative estimate of drug-likeness (QED) is 0.602. The van der Waals surface area contributed by atoms with Crippen LogP contribution in [0, 0.1) is 0 Å². The minimum Gasteiger partial charge on any atom is -0.0999 e. The second-order valence-corrected chi connectivity index (χ2v) is 3.62. The first-order chi connectivity index (χ1) is 6.24. The molecule has 1 aromatic rings. The molecule has 1 aromatic carbocycles. The normalized spacial score (nSPS) is 12.5. The highest BCUT2D eigenvalue weighted by Gasteiger charge is 2.04. The van der Waals surface area contributed by atoms with Crippen molar-refractivity contribution in [3.63, 3.8) is 0 Å². The summed E-state index contributed by atoms with van der Waals surface area (Å²) >= 11 is 0. The summed E-state index contributed by atoms with van der Waals surface area (Å²) < 4.78 is 0. The molecule has 0 spiro atoms. The molecule has 0 radical (unpaired) electrons. The summed E-state index contributed by atoms with van der Waals surface area (Å²) in [4.78, 5) is 0. The fourth-order valence-electron chi connectivity index (χ4n) is 1.48. The molecule has 13 heavy (non-hydrogen) atoms. The van der Waals surface area contributed by atoms with Gasteiger partial charge in [0.25, 0.3) is 0 Å². The summed E-state index contributed by atoms with van der Waals surface area (Å²) in [6.07, 6.45) is 2.21. The monoisotopic (exact) mass is 174 g/mol. The second kappa shape index (κ2) is 4.86. The first-order valence-electron chi connectivity index (χ1n) is 4.95. The van der Waals surface area contributed by atoms with Gasteiger partial charge in [0.2, 0.25) is 0 Å². The van der Waals surface area contributed by atoms with Crippen LogP contribution in [0.2, 0.25) is 0 Å². The number of rotatable bonds is 4. The van der Waals surface area contributed by atoms with E-state index in [4.69, 9.17) is 0 Å². The number of benzene rings is 1. The maximum Gasteiger partial charge on any atom is -0.0153 e. The highest BCUT2D eigenvalue weighted by Crippen LogP contribution is 2.22. The Morgan fingerprint density at radius 1 is 1.31 bits per heavy atom. The minimum absolute atomic E-state index is 0.605. The lowest BCUT2D eigenvalue weighted by atomic mass is 9.93. The summed E-state index contributed by atoms with van der Waals surface area (Å²) in [5, 5.41) is 0. The molecule has 0 heteroatoms. The number of hydrogen-bond acceptors (Lipinski definition) is 0. The van der Waals surface area contributed by atoms with Gasteiger partial charge in [0.05, 0.1) is 0 Å². The molecular formula is C13H18. The molecule has 0 heterocycles. The molecule has 0 bridgehead atoms. The average molecular weight is 174 g/mol. The fraction of sp³-hybridized carbons (Fsp3) is 0.385. The van der Waals surface area contributed by atoms with Gasteiger partial charge < -0.3 is 0 Å². The maximum absolute atomic E-state index is 4.04. The Morgan fingerprint density at radius 3 is 2.46 bits per heavy atom. The van der Waals surface area contributed by atoms with E-state index < -0.39 is 0 Å². The summed E-state index contributed by atoms with van der Waals surface area (Å²) in [5.41, 5.74) is 2.76. The van der Waals surface area contributed by atoms with E-state index in [1.54, 1.807) is 0 Å². The van der Waals surface area contributed by atoms with E-state index in [0.717, 1.165) is 12.8 Å². The maximum atomic E-state index is 4.04. The molecule has 0 fully saturated rings. The molecule has 0 nitrogen and oxygen atoms in total. The highest BCUT2D eigenvalue weighted by atomic mass is 14.1. The smallest absolute Gasteiger partial charge is 0.0153 e. The van der Waals surface area contributed by atoms with Gasteiger partial charge in [0, 0.05) is 0 Å². The summed E-state index contributed by atoms with van der Waals surface area (Å²) in [6, 6.07) is 10.6. The molecule has 1 atom stereocenters. The minimum atomic E-state index is 0.605. The Kier molecular flexibility index (Phi) is 3.75. The van der Waals surface area contributed by atoms with Gasteiger partial charge >= 0.3 is 0 Å². The molecule has 0 aromatic heterocycles. The first-order valence-corrected chi connectivity index (χ1v) is 4.95. The van der Waals surface area contributed by atoms with Crippen LogP contribution in [-0.4, -0.2) is 0 Å². The molecule has 0 unspecified atom stereocenters. The zero-order chi connectivity index (χ0) is 9.68. The van der Waals surface area contributed by atoms with Gasteiger partial charge in [0.1, 0.15) is 0 Å².